The van der Waals surface area contributed by atoms with E-state index in [1.54, 1.807) is 12.1 Å². The lowest BCUT2D eigenvalue weighted by Gasteiger charge is -2.52. The second-order valence-corrected chi connectivity index (χ2v) is 26.5. The van der Waals surface area contributed by atoms with E-state index in [0.29, 0.717) is 5.06 Å². The third-order valence-corrected chi connectivity index (χ3v) is 20.9. The Hall–Kier alpha value is -3.04. The summed E-state index contributed by atoms with van der Waals surface area (Å²) < 4.78 is 214. The topological polar surface area (TPSA) is 371 Å². The Kier molecular flexibility index (Phi) is 32.9. The van der Waals surface area contributed by atoms with Gasteiger partial charge < -0.3 is 161 Å². The minimum Gasteiger partial charge on any atom is -0.394 e. The lowest BCUT2D eigenvalue weighted by Crippen LogP contribution is -2.69. The Bertz CT molecular complexity index is 2790. The molecule has 22 aliphatic heterocycles. The molecule has 0 saturated carbocycles. The fraction of sp³-hybridized carbons (Fsp3) is 0.884. The predicted octanol–water partition coefficient (Wildman–Crippen LogP) is -1.57. The quantitative estimate of drug-likeness (QED) is 0.0927. The molecular weight excluding hydrogens is 1430 g/mol. The van der Waals surface area contributed by atoms with Gasteiger partial charge in [-0.15, -0.1) is 5.06 Å². The van der Waals surface area contributed by atoms with Gasteiger partial charge in [0.1, 0.15) is 178 Å². The zero-order valence-corrected chi connectivity index (χ0v) is 64.1. The Morgan fingerprint density at radius 2 is 0.439 bits per heavy atom. The zero-order chi connectivity index (χ0) is 76.9. The van der Waals surface area contributed by atoms with Gasteiger partial charge in [0.25, 0.3) is 11.8 Å². The maximum Gasteiger partial charge on any atom is 0.285 e. The van der Waals surface area contributed by atoms with E-state index in [1.165, 1.54) is 147 Å². The summed E-state index contributed by atoms with van der Waals surface area (Å²) in [6.45, 7) is -1.78. The molecule has 38 nitrogen and oxygen atoms in total. The van der Waals surface area contributed by atoms with Crippen LogP contribution < -0.4 is 0 Å². The van der Waals surface area contributed by atoms with Crippen LogP contribution in [0, 0.1) is 0 Å². The van der Waals surface area contributed by atoms with Gasteiger partial charge in [-0.1, -0.05) is 12.1 Å². The lowest BCUT2D eigenvalue weighted by molar-refractivity contribution is -0.403. The highest BCUT2D eigenvalue weighted by Gasteiger charge is 2.62. The number of amides is 2. The molecule has 22 aliphatic rings. The van der Waals surface area contributed by atoms with E-state index in [4.69, 9.17) is 161 Å². The number of benzene rings is 1. The highest BCUT2D eigenvalue weighted by atomic mass is 16.8. The van der Waals surface area contributed by atoms with Gasteiger partial charge in [0, 0.05) is 135 Å². The Balaban J connectivity index is 1.07. The first-order valence-electron chi connectivity index (χ1n) is 35.3. The van der Waals surface area contributed by atoms with Gasteiger partial charge >= 0.3 is 0 Å². The first kappa shape index (κ1) is 86.4. The lowest BCUT2D eigenvalue weighted by atomic mass is 9.94. The van der Waals surface area contributed by atoms with Gasteiger partial charge in [0.15, 0.2) is 44.0 Å². The Labute approximate surface area is 622 Å². The van der Waals surface area contributed by atoms with E-state index in [2.05, 4.69) is 0 Å². The molecule has 38 heteroatoms. The van der Waals surface area contributed by atoms with Crippen molar-refractivity contribution in [2.45, 2.75) is 215 Å². The predicted molar refractivity (Wildman–Crippen MR) is 355 cm³/mol. The molecule has 35 atom stereocenters. The van der Waals surface area contributed by atoms with Crippen molar-refractivity contribution in [1.29, 1.82) is 0 Å². The van der Waals surface area contributed by atoms with Crippen molar-refractivity contribution >= 4 is 11.8 Å². The number of rotatable bonds is 28. The van der Waals surface area contributed by atoms with Gasteiger partial charge in [-0.2, -0.15) is 0 Å². The number of hydroxylamine groups is 2. The molecule has 0 spiro atoms. The average Bonchev–Trinajstić information content (AvgIpc) is 1.76. The van der Waals surface area contributed by atoms with Crippen molar-refractivity contribution in [2.75, 3.05) is 181 Å². The second kappa shape index (κ2) is 40.8. The van der Waals surface area contributed by atoms with E-state index in [9.17, 15) is 14.7 Å². The SMILES string of the molecule is COC[C@H]1O[C@@H]2O[C@H]3[C@H](OC)[C@@H](OC)[C@@H](O[C@H]4[C@H](OC)[C@@H](OC)[C@@H](O[C@H]5[C@H](OC)[C@@H](OC)[C@@H](O[C@H]6[C@H](OC)[C@@H](OC)[C@@H](O[C@H]7[C@H](OC)[C@@H](OC)[C@@H](O[C@H]8[C@H](OC)[C@@H](OC)[C@@H](O[C@H]1[C@H](OC)[C@H]2OC)O[C@@H]8CO)O[C@@H]7CON1C(=O)c2ccccc2C1=O)O[C@@H]6COC)O[C@@H]5COC)O[C@@H]4COC)O[C@@H]3COC. The van der Waals surface area contributed by atoms with E-state index >= 15 is 0 Å². The minimum atomic E-state index is -1.51. The summed E-state index contributed by atoms with van der Waals surface area (Å²) in [7, 11) is 27.7. The van der Waals surface area contributed by atoms with E-state index in [0.717, 1.165) is 0 Å². The number of aliphatic hydroxyl groups excluding tert-OH is 1. The van der Waals surface area contributed by atoms with Gasteiger partial charge in [-0.05, 0) is 12.1 Å². The number of fused-ring (bicyclic) bond motifs is 1. The van der Waals surface area contributed by atoms with E-state index in [-0.39, 0.29) is 44.2 Å². The second-order valence-electron chi connectivity index (χ2n) is 26.5. The smallest absolute Gasteiger partial charge is 0.285 e. The van der Waals surface area contributed by atoms with Crippen LogP contribution in [-0.2, 0) is 161 Å². The Morgan fingerprint density at radius 3 is 0.617 bits per heavy atom. The molecule has 23 rings (SSSR count). The number of imide groups is 1. The number of carbonyl (C=O) groups excluding carboxylic acids is 2. The van der Waals surface area contributed by atoms with Crippen LogP contribution in [0.25, 0.3) is 0 Å². The maximum atomic E-state index is 14.0. The maximum absolute atomic E-state index is 14.0. The van der Waals surface area contributed by atoms with Crippen molar-refractivity contribution in [2.24, 2.45) is 0 Å². The summed E-state index contributed by atoms with van der Waals surface area (Å²) in [5.41, 5.74) is 0.222. The van der Waals surface area contributed by atoms with Gasteiger partial charge in [-0.25, -0.2) is 0 Å². The number of hydrogen-bond acceptors (Lipinski definition) is 37. The molecule has 1 N–H and O–H groups in total. The molecule has 21 fully saturated rings. The number of methoxy groups -OCH3 is 19. The summed E-state index contributed by atoms with van der Waals surface area (Å²) in [5.74, 6) is -1.47. The molecule has 1 aromatic rings. The van der Waals surface area contributed by atoms with Gasteiger partial charge in [0.2, 0.25) is 0 Å². The van der Waals surface area contributed by atoms with Gasteiger partial charge in [-0.3, -0.25) is 14.4 Å². The molecule has 22 heterocycles. The summed E-state index contributed by atoms with van der Waals surface area (Å²) in [6, 6.07) is 6.26. The first-order valence-corrected chi connectivity index (χ1v) is 35.3. The van der Waals surface area contributed by atoms with Gasteiger partial charge in [0.05, 0.1) is 50.8 Å². The highest BCUT2D eigenvalue weighted by Crippen LogP contribution is 2.43. The number of carbonyl (C=O) groups is 2. The molecule has 2 amide bonds. The van der Waals surface area contributed by atoms with Crippen LogP contribution in [0.15, 0.2) is 24.3 Å². The molecule has 0 unspecified atom stereocenters. The average molecular weight is 1550 g/mol. The van der Waals surface area contributed by atoms with Crippen LogP contribution in [0.1, 0.15) is 20.7 Å². The van der Waals surface area contributed by atoms with Crippen LogP contribution in [0.5, 0.6) is 0 Å². The molecule has 0 aromatic heterocycles. The fourth-order valence-corrected chi connectivity index (χ4v) is 16.0. The molecule has 14 bridgehead atoms. The molecule has 107 heavy (non-hydrogen) atoms. The minimum absolute atomic E-state index is 0.0716. The number of nitrogens with zero attached hydrogens (tertiary/aromatic N) is 1. The van der Waals surface area contributed by atoms with Crippen LogP contribution in [0.3, 0.4) is 0 Å². The normalized spacial score (nSPS) is 43.7. The summed E-state index contributed by atoms with van der Waals surface area (Å²) in [6.07, 6.45) is -40.6. The molecule has 0 aliphatic carbocycles. The fourth-order valence-electron chi connectivity index (χ4n) is 16.0. The van der Waals surface area contributed by atoms with Crippen molar-refractivity contribution in [1.82, 2.24) is 5.06 Å². The molecule has 0 radical (unpaired) electrons. The first-order chi connectivity index (χ1) is 52.0. The van der Waals surface area contributed by atoms with E-state index in [1.807, 2.05) is 0 Å². The summed E-state index contributed by atoms with van der Waals surface area (Å²) in [4.78, 5) is 34.1. The van der Waals surface area contributed by atoms with Crippen molar-refractivity contribution in [3.05, 3.63) is 35.4 Å². The third-order valence-electron chi connectivity index (χ3n) is 20.9. The summed E-state index contributed by atoms with van der Waals surface area (Å²) >= 11 is 0. The monoisotopic (exact) mass is 1550 g/mol. The molecule has 1 aromatic carbocycles. The van der Waals surface area contributed by atoms with Crippen molar-refractivity contribution < 1.29 is 176 Å². The molecule has 21 saturated heterocycles. The summed E-state index contributed by atoms with van der Waals surface area (Å²) in [5, 5.41) is 12.1. The largest absolute Gasteiger partial charge is 0.394 e. The highest BCUT2D eigenvalue weighted by molar-refractivity contribution is 6.20. The van der Waals surface area contributed by atoms with Crippen LogP contribution >= 0.6 is 0 Å². The standard InChI is InChI=1S/C69H111NO37/c1-74-25-34-41-48(80-7)55(87-14)64(95-34)103-42-35(26-75-2)96-65(56(88-15)49(42)81-8)104-43-36(27-76-3)97-66(57(89-16)50(43)82-9)105-44-37(28-77-4)98-67(58(90-17)51(44)83-10)106-45-38(29-78-5)99-68(59(91-18)52(45)84-11)107-46-39(30-93-70-61(72)31-22-20-21-23-32(31)62(70)73)100-69(60(92-19)53(46)85-12)101-40-33(24-71)94-63(102-41)54(86-13)47(40)79-6/h20-23,33-60,63-69,71H,24-30H2,1-19H3/t33-,34-,35-,36-,37-,38-,39-,40-,41-,42-,43-,44-,45-,46-,47+,48+,49+,50+,51+,52+,53+,54-,55-,56-,57-,58-,59-,60-,63-,64-,65-,66-,67-,68-,69-/m1/s1. The number of hydrogen-bond donors (Lipinski definition) is 1. The Morgan fingerprint density at radius 1 is 0.262 bits per heavy atom. The van der Waals surface area contributed by atoms with Crippen LogP contribution in [0.2, 0.25) is 0 Å². The van der Waals surface area contributed by atoms with Crippen molar-refractivity contribution in [3.8, 4) is 0 Å². The molecule has 614 valence electrons. The molecular formula is C69H111NO37. The van der Waals surface area contributed by atoms with Crippen LogP contribution in [-0.4, -0.2) is 418 Å². The number of aliphatic hydroxyl groups is 1. The van der Waals surface area contributed by atoms with Crippen molar-refractivity contribution in [3.63, 3.8) is 0 Å². The van der Waals surface area contributed by atoms with Crippen LogP contribution in [0.4, 0.5) is 0 Å². The third kappa shape index (κ3) is 17.9. The zero-order valence-electron chi connectivity index (χ0n) is 64.1. The number of ether oxygens (including phenoxy) is 33. The van der Waals surface area contributed by atoms with E-state index < -0.39 is 240 Å².